The first-order valence-corrected chi connectivity index (χ1v) is 6.06. The van der Waals surface area contributed by atoms with Crippen LogP contribution in [0, 0.1) is 4.64 Å². The number of aromatic amines is 2. The zero-order valence-electron chi connectivity index (χ0n) is 10.6. The third kappa shape index (κ3) is 3.23. The Morgan fingerprint density at radius 2 is 1.84 bits per heavy atom. The van der Waals surface area contributed by atoms with Crippen molar-refractivity contribution in [1.82, 2.24) is 9.97 Å². The predicted molar refractivity (Wildman–Crippen MR) is 74.6 cm³/mol. The molecule has 0 saturated heterocycles. The molecule has 0 amide bonds. The molecule has 0 aliphatic rings. The Hall–Kier alpha value is -2.08. The van der Waals surface area contributed by atoms with Crippen molar-refractivity contribution >= 4 is 12.2 Å². The van der Waals surface area contributed by atoms with Crippen LogP contribution in [0.3, 0.4) is 0 Å². The summed E-state index contributed by atoms with van der Waals surface area (Å²) in [6.45, 7) is 0. The van der Waals surface area contributed by atoms with Gasteiger partial charge in [0.05, 0.1) is 14.2 Å². The van der Waals surface area contributed by atoms with E-state index in [1.807, 2.05) is 18.2 Å². The quantitative estimate of drug-likeness (QED) is 0.840. The Balaban J connectivity index is 2.33. The SMILES string of the molecule is COc1ccc(Cc2cc(=S)[nH]c(=O)[nH]2)cc1OC. The molecule has 0 fully saturated rings. The van der Waals surface area contributed by atoms with Gasteiger partial charge in [-0.2, -0.15) is 0 Å². The van der Waals surface area contributed by atoms with Gasteiger partial charge in [0.25, 0.3) is 0 Å². The first-order valence-electron chi connectivity index (χ1n) is 5.66. The lowest BCUT2D eigenvalue weighted by atomic mass is 10.1. The zero-order chi connectivity index (χ0) is 13.8. The van der Waals surface area contributed by atoms with Gasteiger partial charge in [0.15, 0.2) is 11.5 Å². The van der Waals surface area contributed by atoms with Crippen LogP contribution in [0.5, 0.6) is 11.5 Å². The van der Waals surface area contributed by atoms with Crippen molar-refractivity contribution < 1.29 is 9.47 Å². The van der Waals surface area contributed by atoms with Crippen LogP contribution in [0.15, 0.2) is 29.1 Å². The number of H-pyrrole nitrogens is 2. The summed E-state index contributed by atoms with van der Waals surface area (Å²) in [5.74, 6) is 1.33. The third-order valence-corrected chi connectivity index (χ3v) is 2.88. The van der Waals surface area contributed by atoms with Crippen LogP contribution in [0.2, 0.25) is 0 Å². The minimum absolute atomic E-state index is 0.303. The second-order valence-electron chi connectivity index (χ2n) is 3.98. The van der Waals surface area contributed by atoms with Crippen LogP contribution < -0.4 is 15.2 Å². The highest BCUT2D eigenvalue weighted by Crippen LogP contribution is 2.28. The number of aromatic nitrogens is 2. The molecule has 1 heterocycles. The Kier molecular flexibility index (Phi) is 4.01. The predicted octanol–water partition coefficient (Wildman–Crippen LogP) is 2.04. The molecule has 1 aromatic carbocycles. The molecule has 0 spiro atoms. The van der Waals surface area contributed by atoms with Gasteiger partial charge in [-0.25, -0.2) is 4.79 Å². The van der Waals surface area contributed by atoms with E-state index in [1.54, 1.807) is 20.3 Å². The van der Waals surface area contributed by atoms with Crippen LogP contribution in [-0.2, 0) is 6.42 Å². The molecule has 0 bridgehead atoms. The van der Waals surface area contributed by atoms with Gasteiger partial charge >= 0.3 is 5.69 Å². The fourth-order valence-electron chi connectivity index (χ4n) is 1.83. The molecule has 1 aromatic heterocycles. The van der Waals surface area contributed by atoms with E-state index in [2.05, 4.69) is 9.97 Å². The standard InChI is InChI=1S/C13H14N2O3S/c1-17-10-4-3-8(6-11(10)18-2)5-9-7-12(19)15-13(16)14-9/h3-4,6-7H,5H2,1-2H3,(H2,14,15,16,19). The summed E-state index contributed by atoms with van der Waals surface area (Å²) < 4.78 is 10.8. The number of hydrogen-bond donors (Lipinski definition) is 2. The average molecular weight is 278 g/mol. The number of benzene rings is 1. The van der Waals surface area contributed by atoms with E-state index in [0.717, 1.165) is 11.3 Å². The van der Waals surface area contributed by atoms with Gasteiger partial charge in [-0.15, -0.1) is 0 Å². The van der Waals surface area contributed by atoms with E-state index in [9.17, 15) is 4.79 Å². The smallest absolute Gasteiger partial charge is 0.324 e. The first kappa shape index (κ1) is 13.4. The monoisotopic (exact) mass is 278 g/mol. The molecular formula is C13H14N2O3S. The van der Waals surface area contributed by atoms with E-state index in [1.165, 1.54) is 0 Å². The van der Waals surface area contributed by atoms with Gasteiger partial charge in [0.2, 0.25) is 0 Å². The maximum Gasteiger partial charge on any atom is 0.324 e. The van der Waals surface area contributed by atoms with Gasteiger partial charge in [-0.1, -0.05) is 18.3 Å². The van der Waals surface area contributed by atoms with Crippen LogP contribution in [0.4, 0.5) is 0 Å². The summed E-state index contributed by atoms with van der Waals surface area (Å²) in [6, 6.07) is 7.35. The molecule has 2 N–H and O–H groups in total. The Labute approximate surface area is 115 Å². The molecule has 2 rings (SSSR count). The highest BCUT2D eigenvalue weighted by atomic mass is 32.1. The zero-order valence-corrected chi connectivity index (χ0v) is 11.5. The molecule has 0 radical (unpaired) electrons. The van der Waals surface area contributed by atoms with Crippen molar-refractivity contribution in [3.63, 3.8) is 0 Å². The van der Waals surface area contributed by atoms with Crippen molar-refractivity contribution in [1.29, 1.82) is 0 Å². The lowest BCUT2D eigenvalue weighted by Crippen LogP contribution is -2.12. The van der Waals surface area contributed by atoms with Crippen LogP contribution in [-0.4, -0.2) is 24.2 Å². The van der Waals surface area contributed by atoms with Crippen LogP contribution in [0.25, 0.3) is 0 Å². The molecule has 0 unspecified atom stereocenters. The third-order valence-electron chi connectivity index (χ3n) is 2.66. The van der Waals surface area contributed by atoms with Gasteiger partial charge in [-0.3, -0.25) is 4.98 Å². The van der Waals surface area contributed by atoms with Crippen molar-refractivity contribution in [3.05, 3.63) is 50.6 Å². The fraction of sp³-hybridized carbons (Fsp3) is 0.231. The summed E-state index contributed by atoms with van der Waals surface area (Å²) in [5, 5.41) is 0. The number of nitrogens with one attached hydrogen (secondary N) is 2. The Morgan fingerprint density at radius 3 is 2.47 bits per heavy atom. The van der Waals surface area contributed by atoms with Crippen molar-refractivity contribution in [3.8, 4) is 11.5 Å². The van der Waals surface area contributed by atoms with E-state index in [4.69, 9.17) is 21.7 Å². The fourth-order valence-corrected chi connectivity index (χ4v) is 2.06. The topological polar surface area (TPSA) is 67.1 Å². The van der Waals surface area contributed by atoms with Crippen molar-refractivity contribution in [2.24, 2.45) is 0 Å². The average Bonchev–Trinajstić information content (AvgIpc) is 2.37. The van der Waals surface area contributed by atoms with E-state index in [0.29, 0.717) is 22.6 Å². The molecule has 5 nitrogen and oxygen atoms in total. The Morgan fingerprint density at radius 1 is 1.11 bits per heavy atom. The largest absolute Gasteiger partial charge is 0.493 e. The molecule has 6 heteroatoms. The molecule has 0 aliphatic heterocycles. The molecule has 0 atom stereocenters. The van der Waals surface area contributed by atoms with Gasteiger partial charge in [0, 0.05) is 12.1 Å². The number of methoxy groups -OCH3 is 2. The van der Waals surface area contributed by atoms with Gasteiger partial charge in [0.1, 0.15) is 4.64 Å². The second-order valence-corrected chi connectivity index (χ2v) is 4.42. The van der Waals surface area contributed by atoms with Crippen LogP contribution >= 0.6 is 12.2 Å². The number of rotatable bonds is 4. The molecule has 19 heavy (non-hydrogen) atoms. The molecular weight excluding hydrogens is 264 g/mol. The normalized spacial score (nSPS) is 10.2. The highest BCUT2D eigenvalue weighted by Gasteiger charge is 2.05. The minimum atomic E-state index is -0.303. The summed E-state index contributed by atoms with van der Waals surface area (Å²) in [5.41, 5.74) is 1.44. The summed E-state index contributed by atoms with van der Waals surface area (Å²) in [6.07, 6.45) is 0.563. The van der Waals surface area contributed by atoms with Crippen molar-refractivity contribution in [2.75, 3.05) is 14.2 Å². The maximum atomic E-state index is 11.3. The minimum Gasteiger partial charge on any atom is -0.493 e. The lowest BCUT2D eigenvalue weighted by molar-refractivity contribution is 0.354. The number of hydrogen-bond acceptors (Lipinski definition) is 4. The summed E-state index contributed by atoms with van der Waals surface area (Å²) in [7, 11) is 3.17. The van der Waals surface area contributed by atoms with Crippen molar-refractivity contribution in [2.45, 2.75) is 6.42 Å². The van der Waals surface area contributed by atoms with Crippen LogP contribution in [0.1, 0.15) is 11.3 Å². The maximum absolute atomic E-state index is 11.3. The molecule has 0 saturated carbocycles. The lowest BCUT2D eigenvalue weighted by Gasteiger charge is -2.09. The Bertz CT molecular complexity index is 663. The molecule has 0 aliphatic carbocycles. The van der Waals surface area contributed by atoms with E-state index < -0.39 is 0 Å². The summed E-state index contributed by atoms with van der Waals surface area (Å²) in [4.78, 5) is 16.5. The van der Waals surface area contributed by atoms with E-state index in [-0.39, 0.29) is 5.69 Å². The van der Waals surface area contributed by atoms with Gasteiger partial charge < -0.3 is 14.5 Å². The van der Waals surface area contributed by atoms with E-state index >= 15 is 0 Å². The van der Waals surface area contributed by atoms with Gasteiger partial charge in [-0.05, 0) is 23.8 Å². The second kappa shape index (κ2) is 5.71. The first-order chi connectivity index (χ1) is 9.12. The molecule has 100 valence electrons. The molecule has 2 aromatic rings. The summed E-state index contributed by atoms with van der Waals surface area (Å²) >= 11 is 4.97. The highest BCUT2D eigenvalue weighted by molar-refractivity contribution is 7.71. The number of ether oxygens (including phenoxy) is 2.